The first kappa shape index (κ1) is 19.6. The molecule has 27 heavy (non-hydrogen) atoms. The largest absolute Gasteiger partial charge is 0.360 e. The van der Waals surface area contributed by atoms with Gasteiger partial charge in [0, 0.05) is 25.6 Å². The monoisotopic (exact) mass is 391 g/mol. The Kier molecular flexibility index (Phi) is 5.67. The molecule has 2 heterocycles. The minimum atomic E-state index is -3.64. The Balaban J connectivity index is 1.58. The highest BCUT2D eigenvalue weighted by Crippen LogP contribution is 2.27. The molecular weight excluding hydrogens is 366 g/mol. The fourth-order valence-corrected chi connectivity index (χ4v) is 5.23. The number of aromatic nitrogens is 1. The maximum absolute atomic E-state index is 12.8. The van der Waals surface area contributed by atoms with E-state index in [1.54, 1.807) is 13.8 Å². The van der Waals surface area contributed by atoms with E-state index in [1.165, 1.54) is 4.31 Å². The highest BCUT2D eigenvalue weighted by molar-refractivity contribution is 7.89. The molecule has 146 valence electrons. The number of carbonyl (C=O) groups is 1. The molecule has 1 fully saturated rings. The molecule has 1 aliphatic rings. The van der Waals surface area contributed by atoms with E-state index in [0.717, 1.165) is 11.1 Å². The van der Waals surface area contributed by atoms with Crippen LogP contribution in [-0.2, 0) is 21.4 Å². The summed E-state index contributed by atoms with van der Waals surface area (Å²) in [4.78, 5) is 12.6. The van der Waals surface area contributed by atoms with Crippen molar-refractivity contribution in [2.75, 3.05) is 13.1 Å². The van der Waals surface area contributed by atoms with Crippen LogP contribution in [0.1, 0.15) is 35.4 Å². The summed E-state index contributed by atoms with van der Waals surface area (Å²) >= 11 is 0. The van der Waals surface area contributed by atoms with Crippen LogP contribution < -0.4 is 5.32 Å². The number of hydrogen-bond acceptors (Lipinski definition) is 5. The van der Waals surface area contributed by atoms with Gasteiger partial charge in [-0.1, -0.05) is 29.4 Å². The second-order valence-electron chi connectivity index (χ2n) is 6.98. The van der Waals surface area contributed by atoms with Gasteiger partial charge in [0.2, 0.25) is 15.9 Å². The molecule has 0 radical (unpaired) electrons. The Hall–Kier alpha value is -2.19. The maximum Gasteiger partial charge on any atom is 0.248 e. The van der Waals surface area contributed by atoms with Crippen LogP contribution in [0.25, 0.3) is 0 Å². The SMILES string of the molecule is Cc1ccccc1CNC(=O)C1CCN(S(=O)(=O)c2c(C)noc2C)CC1. The second-order valence-corrected chi connectivity index (χ2v) is 8.85. The van der Waals surface area contributed by atoms with Crippen molar-refractivity contribution in [1.29, 1.82) is 0 Å². The molecule has 0 spiro atoms. The van der Waals surface area contributed by atoms with Crippen LogP contribution in [0.3, 0.4) is 0 Å². The summed E-state index contributed by atoms with van der Waals surface area (Å²) < 4.78 is 32.1. The number of piperidine rings is 1. The molecule has 1 saturated heterocycles. The van der Waals surface area contributed by atoms with E-state index in [-0.39, 0.29) is 16.7 Å². The van der Waals surface area contributed by atoms with Crippen molar-refractivity contribution in [1.82, 2.24) is 14.8 Å². The molecule has 0 unspecified atom stereocenters. The summed E-state index contributed by atoms with van der Waals surface area (Å²) in [6, 6.07) is 7.93. The van der Waals surface area contributed by atoms with Gasteiger partial charge in [-0.3, -0.25) is 4.79 Å². The molecule has 0 saturated carbocycles. The molecule has 1 aliphatic heterocycles. The van der Waals surface area contributed by atoms with Gasteiger partial charge in [-0.2, -0.15) is 4.31 Å². The summed E-state index contributed by atoms with van der Waals surface area (Å²) in [5.74, 6) is 0.100. The van der Waals surface area contributed by atoms with Crippen LogP contribution in [0.4, 0.5) is 0 Å². The summed E-state index contributed by atoms with van der Waals surface area (Å²) in [6.45, 7) is 6.35. The molecule has 1 aromatic heterocycles. The van der Waals surface area contributed by atoms with Gasteiger partial charge in [0.15, 0.2) is 5.76 Å². The van der Waals surface area contributed by atoms with Gasteiger partial charge in [0.05, 0.1) is 0 Å². The van der Waals surface area contributed by atoms with Gasteiger partial charge in [-0.05, 0) is 44.7 Å². The second kappa shape index (κ2) is 7.82. The van der Waals surface area contributed by atoms with Crippen molar-refractivity contribution in [3.63, 3.8) is 0 Å². The van der Waals surface area contributed by atoms with Crippen LogP contribution >= 0.6 is 0 Å². The number of hydrogen-bond donors (Lipinski definition) is 1. The molecule has 8 heteroatoms. The zero-order chi connectivity index (χ0) is 19.6. The topological polar surface area (TPSA) is 92.5 Å². The zero-order valence-electron chi connectivity index (χ0n) is 15.9. The van der Waals surface area contributed by atoms with E-state index in [2.05, 4.69) is 10.5 Å². The van der Waals surface area contributed by atoms with Crippen molar-refractivity contribution < 1.29 is 17.7 Å². The Labute approximate surface area is 159 Å². The predicted molar refractivity (Wildman–Crippen MR) is 100 cm³/mol. The smallest absolute Gasteiger partial charge is 0.248 e. The van der Waals surface area contributed by atoms with Gasteiger partial charge in [-0.25, -0.2) is 8.42 Å². The van der Waals surface area contributed by atoms with Gasteiger partial charge in [-0.15, -0.1) is 0 Å². The Bertz CT molecular complexity index is 909. The van der Waals surface area contributed by atoms with Gasteiger partial charge >= 0.3 is 0 Å². The molecule has 3 rings (SSSR count). The minimum absolute atomic E-state index is 0.0207. The Morgan fingerprint density at radius 2 is 1.89 bits per heavy atom. The quantitative estimate of drug-likeness (QED) is 0.844. The summed E-state index contributed by atoms with van der Waals surface area (Å²) in [7, 11) is -3.64. The lowest BCUT2D eigenvalue weighted by atomic mass is 9.97. The molecule has 1 amide bonds. The number of sulfonamides is 1. The molecular formula is C19H25N3O4S. The van der Waals surface area contributed by atoms with E-state index in [9.17, 15) is 13.2 Å². The van der Waals surface area contributed by atoms with Crippen molar-refractivity contribution in [2.24, 2.45) is 5.92 Å². The van der Waals surface area contributed by atoms with Crippen molar-refractivity contribution >= 4 is 15.9 Å². The minimum Gasteiger partial charge on any atom is -0.360 e. The van der Waals surface area contributed by atoms with E-state index in [4.69, 9.17) is 4.52 Å². The van der Waals surface area contributed by atoms with Crippen LogP contribution in [0.5, 0.6) is 0 Å². The average Bonchev–Trinajstić information content (AvgIpc) is 3.00. The van der Waals surface area contributed by atoms with Crippen LogP contribution in [0, 0.1) is 26.7 Å². The summed E-state index contributed by atoms with van der Waals surface area (Å²) in [5, 5.41) is 6.71. The van der Waals surface area contributed by atoms with Crippen LogP contribution in [0.2, 0.25) is 0 Å². The van der Waals surface area contributed by atoms with Crippen molar-refractivity contribution in [3.8, 4) is 0 Å². The number of nitrogens with zero attached hydrogens (tertiary/aromatic N) is 2. The Morgan fingerprint density at radius 3 is 2.48 bits per heavy atom. The number of rotatable bonds is 5. The summed E-state index contributed by atoms with van der Waals surface area (Å²) in [6.07, 6.45) is 1.00. The number of nitrogens with one attached hydrogen (secondary N) is 1. The maximum atomic E-state index is 12.8. The molecule has 1 aromatic carbocycles. The van der Waals surface area contributed by atoms with Gasteiger partial charge in [0.25, 0.3) is 0 Å². The average molecular weight is 391 g/mol. The number of amides is 1. The highest BCUT2D eigenvalue weighted by Gasteiger charge is 2.35. The van der Waals surface area contributed by atoms with E-state index >= 15 is 0 Å². The lowest BCUT2D eigenvalue weighted by Crippen LogP contribution is -2.43. The van der Waals surface area contributed by atoms with Gasteiger partial charge < -0.3 is 9.84 Å². The number of benzene rings is 1. The normalized spacial score (nSPS) is 16.4. The molecule has 0 atom stereocenters. The molecule has 0 aliphatic carbocycles. The van der Waals surface area contributed by atoms with E-state index in [1.807, 2.05) is 31.2 Å². The zero-order valence-corrected chi connectivity index (χ0v) is 16.7. The fourth-order valence-electron chi connectivity index (χ4n) is 3.47. The molecule has 7 nitrogen and oxygen atoms in total. The third kappa shape index (κ3) is 4.06. The molecule has 1 N–H and O–H groups in total. The lowest BCUT2D eigenvalue weighted by Gasteiger charge is -2.30. The van der Waals surface area contributed by atoms with Crippen molar-refractivity contribution in [2.45, 2.75) is 45.1 Å². The number of aryl methyl sites for hydroxylation is 3. The third-order valence-corrected chi connectivity index (χ3v) is 7.25. The number of carbonyl (C=O) groups excluding carboxylic acids is 1. The summed E-state index contributed by atoms with van der Waals surface area (Å²) in [5.41, 5.74) is 2.59. The fraction of sp³-hybridized carbons (Fsp3) is 0.474. The van der Waals surface area contributed by atoms with E-state index in [0.29, 0.717) is 43.9 Å². The van der Waals surface area contributed by atoms with Crippen molar-refractivity contribution in [3.05, 3.63) is 46.8 Å². The first-order chi connectivity index (χ1) is 12.8. The first-order valence-electron chi connectivity index (χ1n) is 9.06. The standard InChI is InChI=1S/C19H25N3O4S/c1-13-6-4-5-7-17(13)12-20-19(23)16-8-10-22(11-9-16)27(24,25)18-14(2)21-26-15(18)3/h4-7,16H,8-12H2,1-3H3,(H,20,23). The van der Waals surface area contributed by atoms with Gasteiger partial charge in [0.1, 0.15) is 10.6 Å². The third-order valence-electron chi connectivity index (χ3n) is 5.10. The van der Waals surface area contributed by atoms with Crippen LogP contribution in [-0.4, -0.2) is 36.9 Å². The highest BCUT2D eigenvalue weighted by atomic mass is 32.2. The van der Waals surface area contributed by atoms with Crippen LogP contribution in [0.15, 0.2) is 33.7 Å². The first-order valence-corrected chi connectivity index (χ1v) is 10.5. The molecule has 2 aromatic rings. The predicted octanol–water partition coefficient (Wildman–Crippen LogP) is 2.32. The lowest BCUT2D eigenvalue weighted by molar-refractivity contribution is -0.126. The van der Waals surface area contributed by atoms with E-state index < -0.39 is 10.0 Å². The Morgan fingerprint density at radius 1 is 1.22 bits per heavy atom. The molecule has 0 bridgehead atoms.